The van der Waals surface area contributed by atoms with Crippen LogP contribution in [-0.2, 0) is 0 Å². The summed E-state index contributed by atoms with van der Waals surface area (Å²) in [6.45, 7) is 0. The first-order valence-corrected chi connectivity index (χ1v) is 10.3. The van der Waals surface area contributed by atoms with Crippen molar-refractivity contribution in [2.45, 2.75) is 63.2 Å². The van der Waals surface area contributed by atoms with Crippen LogP contribution in [0.2, 0.25) is 0 Å². The first-order chi connectivity index (χ1) is 11.8. The van der Waals surface area contributed by atoms with E-state index < -0.39 is 0 Å². The predicted molar refractivity (Wildman–Crippen MR) is 106 cm³/mol. The van der Waals surface area contributed by atoms with E-state index in [4.69, 9.17) is 23.2 Å². The third-order valence-electron chi connectivity index (χ3n) is 6.11. The summed E-state index contributed by atoms with van der Waals surface area (Å²) in [6.07, 6.45) is 14.6. The van der Waals surface area contributed by atoms with Crippen LogP contribution in [-0.4, -0.2) is 0 Å². The van der Waals surface area contributed by atoms with E-state index in [9.17, 15) is 0 Å². The average molecular weight is 363 g/mol. The fourth-order valence-corrected chi connectivity index (χ4v) is 4.95. The molecule has 0 saturated heterocycles. The Morgan fingerprint density at radius 2 is 0.917 bits per heavy atom. The highest BCUT2D eigenvalue weighted by Gasteiger charge is 2.23. The molecule has 0 aliphatic heterocycles. The highest BCUT2D eigenvalue weighted by molar-refractivity contribution is 6.25. The minimum absolute atomic E-state index is 0.690. The number of hydrogen-bond acceptors (Lipinski definition) is 0. The molecule has 1 aromatic carbocycles. The van der Waals surface area contributed by atoms with Gasteiger partial charge in [0.05, 0.1) is 0 Å². The quantitative estimate of drug-likeness (QED) is 0.513. The van der Waals surface area contributed by atoms with Gasteiger partial charge in [-0.1, -0.05) is 59.6 Å². The van der Waals surface area contributed by atoms with Crippen LogP contribution >= 0.6 is 23.2 Å². The van der Waals surface area contributed by atoms with E-state index in [1.54, 1.807) is 11.1 Å². The molecule has 0 unspecified atom stereocenters. The fourth-order valence-electron chi connectivity index (χ4n) is 4.54. The van der Waals surface area contributed by atoms with E-state index in [0.717, 1.165) is 11.8 Å². The van der Waals surface area contributed by atoms with Crippen LogP contribution in [0.1, 0.15) is 74.3 Å². The lowest BCUT2D eigenvalue weighted by atomic mass is 9.76. The summed E-state index contributed by atoms with van der Waals surface area (Å²) < 4.78 is 0. The molecule has 0 aromatic heterocycles. The van der Waals surface area contributed by atoms with Gasteiger partial charge in [-0.3, -0.25) is 0 Å². The smallest absolute Gasteiger partial charge is 0.000525 e. The van der Waals surface area contributed by atoms with Crippen LogP contribution in [0.15, 0.2) is 47.5 Å². The Morgan fingerprint density at radius 1 is 0.583 bits per heavy atom. The van der Waals surface area contributed by atoms with Gasteiger partial charge in [-0.15, -0.1) is 0 Å². The molecule has 0 N–H and O–H groups in total. The zero-order chi connectivity index (χ0) is 16.8. The van der Waals surface area contributed by atoms with Crippen molar-refractivity contribution in [2.75, 3.05) is 0 Å². The Kier molecular flexibility index (Phi) is 6.86. The molecule has 130 valence electrons. The number of halogens is 2. The third-order valence-corrected chi connectivity index (χ3v) is 6.40. The Balaban J connectivity index is 1.54. The molecule has 0 radical (unpaired) electrons. The summed E-state index contributed by atoms with van der Waals surface area (Å²) in [5.74, 6) is 2.86. The molecule has 0 spiro atoms. The van der Waals surface area contributed by atoms with Gasteiger partial charge in [-0.05, 0) is 86.2 Å². The van der Waals surface area contributed by atoms with E-state index >= 15 is 0 Å². The van der Waals surface area contributed by atoms with Crippen molar-refractivity contribution < 1.29 is 0 Å². The molecule has 1 aromatic rings. The summed E-state index contributed by atoms with van der Waals surface area (Å²) in [5.41, 5.74) is 6.45. The molecule has 0 bridgehead atoms. The second-order valence-electron chi connectivity index (χ2n) is 7.53. The van der Waals surface area contributed by atoms with E-state index in [-0.39, 0.29) is 0 Å². The molecular weight excluding hydrogens is 335 g/mol. The summed E-state index contributed by atoms with van der Waals surface area (Å²) >= 11 is 11.4. The zero-order valence-electron chi connectivity index (χ0n) is 14.3. The van der Waals surface area contributed by atoms with Gasteiger partial charge >= 0.3 is 0 Å². The van der Waals surface area contributed by atoms with Crippen molar-refractivity contribution in [3.8, 4) is 0 Å². The topological polar surface area (TPSA) is 0 Å². The molecular formula is C22H28Cl2. The van der Waals surface area contributed by atoms with Crippen molar-refractivity contribution in [3.05, 3.63) is 58.6 Å². The first kappa shape index (κ1) is 18.1. The lowest BCUT2D eigenvalue weighted by Crippen LogP contribution is -2.13. The highest BCUT2D eigenvalue weighted by Crippen LogP contribution is 2.39. The molecule has 2 heteroatoms. The van der Waals surface area contributed by atoms with Gasteiger partial charge < -0.3 is 0 Å². The monoisotopic (exact) mass is 362 g/mol. The van der Waals surface area contributed by atoms with Crippen LogP contribution in [0.4, 0.5) is 0 Å². The van der Waals surface area contributed by atoms with Crippen LogP contribution in [0.3, 0.4) is 0 Å². The SMILES string of the molecule is Cl/C=C/C1CCC(c2ccc(C3CCC(/C=C/Cl)CC3)cc2)CC1. The Hall–Kier alpha value is -0.720. The molecule has 0 nitrogen and oxygen atoms in total. The van der Waals surface area contributed by atoms with Crippen molar-refractivity contribution in [1.82, 2.24) is 0 Å². The lowest BCUT2D eigenvalue weighted by Gasteiger charge is -2.29. The molecule has 3 rings (SSSR count). The van der Waals surface area contributed by atoms with Gasteiger partial charge in [0.15, 0.2) is 0 Å². The zero-order valence-corrected chi connectivity index (χ0v) is 15.9. The molecule has 2 aliphatic carbocycles. The van der Waals surface area contributed by atoms with Crippen molar-refractivity contribution in [2.24, 2.45) is 11.8 Å². The Labute approximate surface area is 156 Å². The minimum Gasteiger partial charge on any atom is -0.0933 e. The van der Waals surface area contributed by atoms with Gasteiger partial charge in [-0.25, -0.2) is 0 Å². The van der Waals surface area contributed by atoms with E-state index in [1.165, 1.54) is 62.5 Å². The van der Waals surface area contributed by atoms with Gasteiger partial charge in [0, 0.05) is 11.1 Å². The minimum atomic E-state index is 0.690. The maximum atomic E-state index is 5.72. The third kappa shape index (κ3) is 4.67. The predicted octanol–water partition coefficient (Wildman–Crippen LogP) is 7.74. The molecule has 0 heterocycles. The van der Waals surface area contributed by atoms with Gasteiger partial charge in [0.1, 0.15) is 0 Å². The number of allylic oxidation sites excluding steroid dienone is 2. The van der Waals surface area contributed by atoms with E-state index in [0.29, 0.717) is 11.8 Å². The summed E-state index contributed by atoms with van der Waals surface area (Å²) in [4.78, 5) is 0. The maximum absolute atomic E-state index is 5.72. The van der Waals surface area contributed by atoms with Crippen molar-refractivity contribution in [1.29, 1.82) is 0 Å². The largest absolute Gasteiger partial charge is 0.0933 e. The van der Waals surface area contributed by atoms with Crippen molar-refractivity contribution >= 4 is 23.2 Å². The summed E-state index contributed by atoms with van der Waals surface area (Å²) in [5, 5.41) is 0. The normalized spacial score (nSPS) is 31.8. The Morgan fingerprint density at radius 3 is 1.21 bits per heavy atom. The molecule has 24 heavy (non-hydrogen) atoms. The van der Waals surface area contributed by atoms with Gasteiger partial charge in [0.2, 0.25) is 0 Å². The van der Waals surface area contributed by atoms with Crippen LogP contribution in [0.25, 0.3) is 0 Å². The summed E-state index contributed by atoms with van der Waals surface area (Å²) in [7, 11) is 0. The fraction of sp³-hybridized carbons (Fsp3) is 0.545. The van der Waals surface area contributed by atoms with Crippen LogP contribution < -0.4 is 0 Å². The number of rotatable bonds is 4. The van der Waals surface area contributed by atoms with Gasteiger partial charge in [-0.2, -0.15) is 0 Å². The number of hydrogen-bond donors (Lipinski definition) is 0. The highest BCUT2D eigenvalue weighted by atomic mass is 35.5. The van der Waals surface area contributed by atoms with Crippen LogP contribution in [0.5, 0.6) is 0 Å². The molecule has 0 amide bonds. The first-order valence-electron chi connectivity index (χ1n) is 9.43. The molecule has 2 saturated carbocycles. The Bertz CT molecular complexity index is 491. The van der Waals surface area contributed by atoms with Gasteiger partial charge in [0.25, 0.3) is 0 Å². The molecule has 0 atom stereocenters. The second kappa shape index (κ2) is 9.11. The van der Waals surface area contributed by atoms with E-state index in [2.05, 4.69) is 36.4 Å². The number of benzene rings is 1. The maximum Gasteiger partial charge on any atom is 0.000525 e. The summed E-state index contributed by atoms with van der Waals surface area (Å²) in [6, 6.07) is 9.57. The van der Waals surface area contributed by atoms with Crippen molar-refractivity contribution in [3.63, 3.8) is 0 Å². The van der Waals surface area contributed by atoms with Crippen LogP contribution in [0, 0.1) is 11.8 Å². The second-order valence-corrected chi connectivity index (χ2v) is 8.03. The standard InChI is InChI=1S/C22H28Cl2/c23-15-13-17-1-5-19(6-2-17)21-9-11-22(12-10-21)20-7-3-18(4-8-20)14-16-24/h9-20H,1-8H2/b15-13+,16-14+. The average Bonchev–Trinajstić information content (AvgIpc) is 2.64. The van der Waals surface area contributed by atoms with E-state index in [1.807, 2.05) is 0 Å². The molecule has 2 fully saturated rings. The molecule has 2 aliphatic rings. The lowest BCUT2D eigenvalue weighted by molar-refractivity contribution is 0.373.